The Bertz CT molecular complexity index is 944. The van der Waals surface area contributed by atoms with Crippen LogP contribution in [0.4, 0.5) is 0 Å². The quantitative estimate of drug-likeness (QED) is 0.467. The highest BCUT2D eigenvalue weighted by molar-refractivity contribution is 7.10. The number of thiophene rings is 1. The second-order valence-electron chi connectivity index (χ2n) is 9.73. The number of benzene rings is 1. The number of piperazine rings is 1. The average molecular weight is 482 g/mol. The van der Waals surface area contributed by atoms with Crippen LogP contribution in [-0.4, -0.2) is 65.3 Å². The molecule has 0 aliphatic carbocycles. The number of amides is 2. The number of rotatable bonds is 9. The van der Waals surface area contributed by atoms with E-state index in [1.165, 1.54) is 28.8 Å². The summed E-state index contributed by atoms with van der Waals surface area (Å²) in [4.78, 5) is 33.7. The fourth-order valence-electron chi connectivity index (χ4n) is 5.43. The van der Waals surface area contributed by atoms with Gasteiger partial charge in [-0.2, -0.15) is 0 Å². The third-order valence-corrected chi connectivity index (χ3v) is 8.34. The number of hydrogen-bond acceptors (Lipinski definition) is 4. The topological polar surface area (TPSA) is 43.9 Å². The van der Waals surface area contributed by atoms with Gasteiger partial charge < -0.3 is 9.80 Å². The van der Waals surface area contributed by atoms with Gasteiger partial charge in [0, 0.05) is 56.5 Å². The van der Waals surface area contributed by atoms with Crippen LogP contribution in [0.5, 0.6) is 0 Å². The first-order valence-corrected chi connectivity index (χ1v) is 13.9. The Morgan fingerprint density at radius 3 is 2.56 bits per heavy atom. The zero-order valence-corrected chi connectivity index (χ0v) is 21.6. The summed E-state index contributed by atoms with van der Waals surface area (Å²) in [5.41, 5.74) is 2.70. The molecular formula is C28H39N3O2S. The molecule has 0 bridgehead atoms. The van der Waals surface area contributed by atoms with E-state index in [4.69, 9.17) is 0 Å². The highest BCUT2D eigenvalue weighted by atomic mass is 32.1. The second-order valence-corrected chi connectivity index (χ2v) is 10.7. The lowest BCUT2D eigenvalue weighted by atomic mass is 9.93. The van der Waals surface area contributed by atoms with E-state index < -0.39 is 0 Å². The molecule has 4 rings (SSSR count). The van der Waals surface area contributed by atoms with Crippen LogP contribution < -0.4 is 0 Å². The number of fused-ring (bicyclic) bond motifs is 1. The molecule has 0 radical (unpaired) electrons. The van der Waals surface area contributed by atoms with E-state index in [0.29, 0.717) is 32.5 Å². The van der Waals surface area contributed by atoms with Gasteiger partial charge in [-0.05, 0) is 42.3 Å². The summed E-state index contributed by atoms with van der Waals surface area (Å²) in [6.07, 6.45) is 6.70. The molecule has 2 amide bonds. The van der Waals surface area contributed by atoms with Crippen LogP contribution in [0.2, 0.25) is 0 Å². The molecule has 1 saturated heterocycles. The standard InChI is InChI=1S/C28H39N3O2S/c1-3-4-5-9-12-27(33)31-19-18-30(21-22(31)2)26(32)14-17-29-16-13-25-24(15-20-34-25)28(29)23-10-7-6-8-11-23/h6-8,10-11,15,20,22,28H,3-5,9,12-14,16-19,21H2,1-2H3/t22-,28-/m0/s1. The van der Waals surface area contributed by atoms with Crippen molar-refractivity contribution in [2.75, 3.05) is 32.7 Å². The van der Waals surface area contributed by atoms with Gasteiger partial charge in [0.25, 0.3) is 0 Å². The molecular weight excluding hydrogens is 442 g/mol. The van der Waals surface area contributed by atoms with Crippen molar-refractivity contribution in [2.24, 2.45) is 0 Å². The summed E-state index contributed by atoms with van der Waals surface area (Å²) in [5, 5.41) is 2.20. The smallest absolute Gasteiger partial charge is 0.223 e. The summed E-state index contributed by atoms with van der Waals surface area (Å²) in [7, 11) is 0. The molecule has 6 heteroatoms. The summed E-state index contributed by atoms with van der Waals surface area (Å²) in [6, 6.07) is 13.2. The van der Waals surface area contributed by atoms with E-state index in [2.05, 4.69) is 60.5 Å². The molecule has 34 heavy (non-hydrogen) atoms. The molecule has 1 aromatic heterocycles. The van der Waals surface area contributed by atoms with Gasteiger partial charge in [0.2, 0.25) is 11.8 Å². The Kier molecular flexibility index (Phi) is 8.79. The van der Waals surface area contributed by atoms with Crippen LogP contribution >= 0.6 is 11.3 Å². The largest absolute Gasteiger partial charge is 0.339 e. The lowest BCUT2D eigenvalue weighted by Gasteiger charge is -2.41. The van der Waals surface area contributed by atoms with Gasteiger partial charge in [0.15, 0.2) is 0 Å². The molecule has 1 fully saturated rings. The van der Waals surface area contributed by atoms with Crippen molar-refractivity contribution in [2.45, 2.75) is 70.9 Å². The highest BCUT2D eigenvalue weighted by Gasteiger charge is 2.32. The lowest BCUT2D eigenvalue weighted by Crippen LogP contribution is -2.55. The third-order valence-electron chi connectivity index (χ3n) is 7.34. The molecule has 5 nitrogen and oxygen atoms in total. The van der Waals surface area contributed by atoms with Crippen LogP contribution in [0, 0.1) is 0 Å². The van der Waals surface area contributed by atoms with Gasteiger partial charge in [-0.15, -0.1) is 11.3 Å². The molecule has 1 aromatic carbocycles. The van der Waals surface area contributed by atoms with E-state index >= 15 is 0 Å². The van der Waals surface area contributed by atoms with E-state index in [1.54, 1.807) is 0 Å². The molecule has 0 spiro atoms. The minimum Gasteiger partial charge on any atom is -0.339 e. The summed E-state index contributed by atoms with van der Waals surface area (Å²) in [6.45, 7) is 7.98. The maximum Gasteiger partial charge on any atom is 0.223 e. The SMILES string of the molecule is CCCCCCC(=O)N1CCN(C(=O)CCN2CCc3sccc3[C@@H]2c2ccccc2)C[C@@H]1C. The number of carbonyl (C=O) groups is 2. The Balaban J connectivity index is 1.31. The van der Waals surface area contributed by atoms with Crippen molar-refractivity contribution >= 4 is 23.2 Å². The van der Waals surface area contributed by atoms with E-state index in [9.17, 15) is 9.59 Å². The average Bonchev–Trinajstić information content (AvgIpc) is 3.34. The first-order valence-electron chi connectivity index (χ1n) is 13.0. The first-order chi connectivity index (χ1) is 16.6. The molecule has 3 heterocycles. The van der Waals surface area contributed by atoms with Gasteiger partial charge in [-0.25, -0.2) is 0 Å². The van der Waals surface area contributed by atoms with Crippen LogP contribution in [0.25, 0.3) is 0 Å². The number of carbonyl (C=O) groups excluding carboxylic acids is 2. The maximum atomic E-state index is 13.1. The van der Waals surface area contributed by atoms with Crippen molar-refractivity contribution < 1.29 is 9.59 Å². The number of nitrogens with zero attached hydrogens (tertiary/aromatic N) is 3. The Morgan fingerprint density at radius 2 is 1.79 bits per heavy atom. The minimum absolute atomic E-state index is 0.0943. The number of hydrogen-bond donors (Lipinski definition) is 0. The third kappa shape index (κ3) is 5.89. The fraction of sp³-hybridized carbons (Fsp3) is 0.571. The van der Waals surface area contributed by atoms with Gasteiger partial charge >= 0.3 is 0 Å². The normalized spacial score (nSPS) is 20.9. The summed E-state index contributed by atoms with van der Waals surface area (Å²) < 4.78 is 0. The molecule has 0 N–H and O–H groups in total. The summed E-state index contributed by atoms with van der Waals surface area (Å²) in [5.74, 6) is 0.464. The van der Waals surface area contributed by atoms with Crippen molar-refractivity contribution in [3.8, 4) is 0 Å². The molecule has 0 unspecified atom stereocenters. The van der Waals surface area contributed by atoms with Crippen molar-refractivity contribution in [3.05, 3.63) is 57.8 Å². The van der Waals surface area contributed by atoms with Crippen molar-refractivity contribution in [1.82, 2.24) is 14.7 Å². The monoisotopic (exact) mass is 481 g/mol. The maximum absolute atomic E-state index is 13.1. The van der Waals surface area contributed by atoms with E-state index in [1.807, 2.05) is 21.1 Å². The minimum atomic E-state index is 0.0943. The Labute approximate surface area is 208 Å². The Morgan fingerprint density at radius 1 is 0.971 bits per heavy atom. The molecule has 184 valence electrons. The van der Waals surface area contributed by atoms with E-state index in [-0.39, 0.29) is 23.9 Å². The highest BCUT2D eigenvalue weighted by Crippen LogP contribution is 2.37. The van der Waals surface area contributed by atoms with Crippen LogP contribution in [-0.2, 0) is 16.0 Å². The lowest BCUT2D eigenvalue weighted by molar-refractivity contribution is -0.142. The zero-order chi connectivity index (χ0) is 23.9. The van der Waals surface area contributed by atoms with Gasteiger partial charge in [-0.1, -0.05) is 56.5 Å². The van der Waals surface area contributed by atoms with Crippen LogP contribution in [0.3, 0.4) is 0 Å². The fourth-order valence-corrected chi connectivity index (χ4v) is 6.34. The molecule has 2 aromatic rings. The van der Waals surface area contributed by atoms with Gasteiger partial charge in [0.1, 0.15) is 0 Å². The molecule has 2 aliphatic rings. The summed E-state index contributed by atoms with van der Waals surface area (Å²) >= 11 is 1.85. The predicted molar refractivity (Wildman–Crippen MR) is 139 cm³/mol. The second kappa shape index (κ2) is 12.0. The molecule has 0 saturated carbocycles. The number of unbranched alkanes of at least 4 members (excludes halogenated alkanes) is 3. The van der Waals surface area contributed by atoms with Crippen molar-refractivity contribution in [3.63, 3.8) is 0 Å². The van der Waals surface area contributed by atoms with Gasteiger partial charge in [0.05, 0.1) is 6.04 Å². The van der Waals surface area contributed by atoms with Gasteiger partial charge in [-0.3, -0.25) is 14.5 Å². The van der Waals surface area contributed by atoms with E-state index in [0.717, 1.165) is 32.4 Å². The van der Waals surface area contributed by atoms with Crippen LogP contribution in [0.1, 0.15) is 74.4 Å². The zero-order valence-electron chi connectivity index (χ0n) is 20.7. The molecule has 2 atom stereocenters. The Hall–Kier alpha value is -2.18. The molecule has 2 aliphatic heterocycles. The van der Waals surface area contributed by atoms with Crippen LogP contribution in [0.15, 0.2) is 41.8 Å². The predicted octanol–water partition coefficient (Wildman–Crippen LogP) is 5.12. The first kappa shape index (κ1) is 24.9. The van der Waals surface area contributed by atoms with Crippen molar-refractivity contribution in [1.29, 1.82) is 0 Å².